The van der Waals surface area contributed by atoms with Crippen molar-refractivity contribution in [3.8, 4) is 0 Å². The molecule has 1 amide bonds. The van der Waals surface area contributed by atoms with Gasteiger partial charge in [-0.15, -0.1) is 0 Å². The summed E-state index contributed by atoms with van der Waals surface area (Å²) < 4.78 is 0. The van der Waals surface area contributed by atoms with E-state index in [9.17, 15) is 4.79 Å². The quantitative estimate of drug-likeness (QED) is 0.749. The van der Waals surface area contributed by atoms with Crippen LogP contribution in [0, 0.1) is 0 Å². The van der Waals surface area contributed by atoms with E-state index < -0.39 is 0 Å². The average Bonchev–Trinajstić information content (AvgIpc) is 2.74. The van der Waals surface area contributed by atoms with Gasteiger partial charge in [0, 0.05) is 13.5 Å². The molecule has 1 aromatic rings. The van der Waals surface area contributed by atoms with E-state index in [2.05, 4.69) is 29.1 Å². The van der Waals surface area contributed by atoms with Crippen molar-refractivity contribution in [3.05, 3.63) is 34.9 Å². The molecule has 0 atom stereocenters. The maximum Gasteiger partial charge on any atom is 0.234 e. The highest BCUT2D eigenvalue weighted by Gasteiger charge is 2.11. The van der Waals surface area contributed by atoms with Crippen molar-refractivity contribution < 1.29 is 4.79 Å². The highest BCUT2D eigenvalue weighted by atomic mass is 16.2. The zero-order chi connectivity index (χ0) is 11.4. The molecule has 0 heterocycles. The van der Waals surface area contributed by atoms with Gasteiger partial charge in [-0.25, -0.2) is 5.43 Å². The summed E-state index contributed by atoms with van der Waals surface area (Å²) in [5.74, 6) is 0.0444. The van der Waals surface area contributed by atoms with Crippen LogP contribution in [-0.4, -0.2) is 13.0 Å². The molecular formula is C13H18N2O. The van der Waals surface area contributed by atoms with Crippen LogP contribution in [0.4, 0.5) is 0 Å². The fourth-order valence-electron chi connectivity index (χ4n) is 2.24. The van der Waals surface area contributed by atoms with E-state index in [-0.39, 0.29) is 5.91 Å². The molecular weight excluding hydrogens is 200 g/mol. The lowest BCUT2D eigenvalue weighted by molar-refractivity contribution is -0.121. The molecule has 0 bridgehead atoms. The van der Waals surface area contributed by atoms with E-state index in [1.54, 1.807) is 7.05 Å². The number of rotatable bonds is 4. The molecule has 0 saturated heterocycles. The molecule has 2 rings (SSSR count). The number of fused-ring (bicyclic) bond motifs is 1. The van der Waals surface area contributed by atoms with Crippen LogP contribution in [0.25, 0.3) is 0 Å². The van der Waals surface area contributed by atoms with Crippen molar-refractivity contribution >= 4 is 5.91 Å². The number of benzene rings is 1. The number of hydrogen-bond donors (Lipinski definition) is 2. The monoisotopic (exact) mass is 218 g/mol. The summed E-state index contributed by atoms with van der Waals surface area (Å²) in [6.07, 6.45) is 5.06. The lowest BCUT2D eigenvalue weighted by Crippen LogP contribution is -2.34. The lowest BCUT2D eigenvalue weighted by atomic mass is 10.0. The summed E-state index contributed by atoms with van der Waals surface area (Å²) in [5, 5.41) is 0. The molecule has 3 nitrogen and oxygen atoms in total. The Labute approximate surface area is 96.2 Å². The first-order valence-corrected chi connectivity index (χ1v) is 5.86. The molecule has 0 fully saturated rings. The Balaban J connectivity index is 1.93. The molecule has 1 aliphatic carbocycles. The number of nitrogens with one attached hydrogen (secondary N) is 2. The summed E-state index contributed by atoms with van der Waals surface area (Å²) in [5.41, 5.74) is 9.46. The summed E-state index contributed by atoms with van der Waals surface area (Å²) >= 11 is 0. The minimum absolute atomic E-state index is 0.0444. The maximum atomic E-state index is 11.3. The van der Waals surface area contributed by atoms with Gasteiger partial charge < -0.3 is 0 Å². The van der Waals surface area contributed by atoms with Crippen LogP contribution in [0.5, 0.6) is 0 Å². The SMILES string of the molecule is CNNC(=O)CCc1ccc2c(c1)CCC2. The third-order valence-electron chi connectivity index (χ3n) is 3.07. The Morgan fingerprint density at radius 3 is 2.94 bits per heavy atom. The summed E-state index contributed by atoms with van der Waals surface area (Å²) in [6.45, 7) is 0. The van der Waals surface area contributed by atoms with Crippen LogP contribution < -0.4 is 10.9 Å². The van der Waals surface area contributed by atoms with Crippen LogP contribution in [0.15, 0.2) is 18.2 Å². The minimum atomic E-state index is 0.0444. The van der Waals surface area contributed by atoms with E-state index >= 15 is 0 Å². The highest BCUT2D eigenvalue weighted by Crippen LogP contribution is 2.23. The molecule has 1 aliphatic rings. The summed E-state index contributed by atoms with van der Waals surface area (Å²) in [6, 6.07) is 6.62. The number of amides is 1. The Hall–Kier alpha value is -1.35. The van der Waals surface area contributed by atoms with Gasteiger partial charge in [-0.05, 0) is 42.4 Å². The molecule has 0 radical (unpaired) electrons. The zero-order valence-corrected chi connectivity index (χ0v) is 9.68. The number of hydrogen-bond acceptors (Lipinski definition) is 2. The van der Waals surface area contributed by atoms with Gasteiger partial charge in [-0.2, -0.15) is 0 Å². The van der Waals surface area contributed by atoms with E-state index in [0.717, 1.165) is 6.42 Å². The molecule has 2 N–H and O–H groups in total. The second-order valence-corrected chi connectivity index (χ2v) is 4.25. The maximum absolute atomic E-state index is 11.3. The summed E-state index contributed by atoms with van der Waals surface area (Å²) in [7, 11) is 1.70. The predicted octanol–water partition coefficient (Wildman–Crippen LogP) is 1.36. The van der Waals surface area contributed by atoms with Crippen molar-refractivity contribution in [2.24, 2.45) is 0 Å². The lowest BCUT2D eigenvalue weighted by Gasteiger charge is -2.05. The fraction of sp³-hybridized carbons (Fsp3) is 0.462. The van der Waals surface area contributed by atoms with Crippen LogP contribution in [0.1, 0.15) is 29.5 Å². The van der Waals surface area contributed by atoms with E-state index in [0.29, 0.717) is 6.42 Å². The molecule has 0 spiro atoms. The van der Waals surface area contributed by atoms with Gasteiger partial charge in [0.05, 0.1) is 0 Å². The van der Waals surface area contributed by atoms with Crippen molar-refractivity contribution in [3.63, 3.8) is 0 Å². The average molecular weight is 218 g/mol. The molecule has 3 heteroatoms. The van der Waals surface area contributed by atoms with Crippen molar-refractivity contribution in [2.45, 2.75) is 32.1 Å². The molecule has 0 saturated carbocycles. The Bertz CT molecular complexity index is 388. The summed E-state index contributed by atoms with van der Waals surface area (Å²) in [4.78, 5) is 11.3. The Morgan fingerprint density at radius 2 is 2.12 bits per heavy atom. The molecule has 16 heavy (non-hydrogen) atoms. The Kier molecular flexibility index (Phi) is 3.57. The highest BCUT2D eigenvalue weighted by molar-refractivity contribution is 5.75. The van der Waals surface area contributed by atoms with Gasteiger partial charge in [-0.3, -0.25) is 10.2 Å². The molecule has 0 aromatic heterocycles. The number of aryl methyl sites for hydroxylation is 3. The van der Waals surface area contributed by atoms with Gasteiger partial charge in [0.2, 0.25) is 5.91 Å². The largest absolute Gasteiger partial charge is 0.292 e. The van der Waals surface area contributed by atoms with Gasteiger partial charge in [0.1, 0.15) is 0 Å². The van der Waals surface area contributed by atoms with Crippen molar-refractivity contribution in [1.82, 2.24) is 10.9 Å². The van der Waals surface area contributed by atoms with Gasteiger partial charge >= 0.3 is 0 Å². The fourth-order valence-corrected chi connectivity index (χ4v) is 2.24. The van der Waals surface area contributed by atoms with E-state index in [4.69, 9.17) is 0 Å². The normalized spacial score (nSPS) is 13.6. The predicted molar refractivity (Wildman–Crippen MR) is 64.0 cm³/mol. The molecule has 0 unspecified atom stereocenters. The second kappa shape index (κ2) is 5.12. The van der Waals surface area contributed by atoms with Crippen LogP contribution in [-0.2, 0) is 24.1 Å². The van der Waals surface area contributed by atoms with Gasteiger partial charge in [0.25, 0.3) is 0 Å². The van der Waals surface area contributed by atoms with Crippen LogP contribution in [0.2, 0.25) is 0 Å². The van der Waals surface area contributed by atoms with E-state index in [1.807, 2.05) is 0 Å². The van der Waals surface area contributed by atoms with Gasteiger partial charge in [0.15, 0.2) is 0 Å². The first-order valence-electron chi connectivity index (χ1n) is 5.86. The van der Waals surface area contributed by atoms with E-state index in [1.165, 1.54) is 36.0 Å². The smallest absolute Gasteiger partial charge is 0.234 e. The first kappa shape index (κ1) is 11.1. The number of hydrazine groups is 1. The Morgan fingerprint density at radius 1 is 1.31 bits per heavy atom. The zero-order valence-electron chi connectivity index (χ0n) is 9.68. The number of carbonyl (C=O) groups is 1. The number of carbonyl (C=O) groups excluding carboxylic acids is 1. The minimum Gasteiger partial charge on any atom is -0.292 e. The topological polar surface area (TPSA) is 41.1 Å². The van der Waals surface area contributed by atoms with Crippen LogP contribution in [0.3, 0.4) is 0 Å². The third-order valence-corrected chi connectivity index (χ3v) is 3.07. The van der Waals surface area contributed by atoms with Gasteiger partial charge in [-0.1, -0.05) is 18.2 Å². The van der Waals surface area contributed by atoms with Crippen molar-refractivity contribution in [1.29, 1.82) is 0 Å². The molecule has 1 aromatic carbocycles. The first-order chi connectivity index (χ1) is 7.79. The standard InChI is InChI=1S/C13H18N2O/c1-14-15-13(16)8-6-10-5-7-11-3-2-4-12(11)9-10/h5,7,9,14H,2-4,6,8H2,1H3,(H,15,16). The van der Waals surface area contributed by atoms with Crippen LogP contribution >= 0.6 is 0 Å². The van der Waals surface area contributed by atoms with Crippen molar-refractivity contribution in [2.75, 3.05) is 7.05 Å². The molecule has 86 valence electrons. The third kappa shape index (κ3) is 2.61. The molecule has 0 aliphatic heterocycles. The second-order valence-electron chi connectivity index (χ2n) is 4.25.